The van der Waals surface area contributed by atoms with E-state index in [2.05, 4.69) is 20.7 Å². The Kier molecular flexibility index (Phi) is 6.73. The van der Waals surface area contributed by atoms with Crippen LogP contribution in [0, 0.1) is 6.92 Å². The molecule has 0 saturated heterocycles. The van der Waals surface area contributed by atoms with Crippen LogP contribution in [0.2, 0.25) is 0 Å². The first-order valence-electron chi connectivity index (χ1n) is 7.36. The summed E-state index contributed by atoms with van der Waals surface area (Å²) in [5, 5.41) is 6.38. The summed E-state index contributed by atoms with van der Waals surface area (Å²) >= 11 is 1.65. The third kappa shape index (κ3) is 5.44. The van der Waals surface area contributed by atoms with Crippen molar-refractivity contribution in [2.75, 3.05) is 26.4 Å². The maximum Gasteiger partial charge on any atom is 0.193 e. The van der Waals surface area contributed by atoms with Crippen molar-refractivity contribution in [2.24, 2.45) is 4.99 Å². The smallest absolute Gasteiger partial charge is 0.193 e. The number of benzene rings is 1. The topological polar surface area (TPSA) is 57.6 Å². The van der Waals surface area contributed by atoms with Crippen molar-refractivity contribution in [3.8, 4) is 0 Å². The molecule has 7 heteroatoms. The van der Waals surface area contributed by atoms with E-state index in [9.17, 15) is 4.21 Å². The summed E-state index contributed by atoms with van der Waals surface area (Å²) < 4.78 is 12.2. The molecule has 0 bridgehead atoms. The predicted molar refractivity (Wildman–Crippen MR) is 97.4 cm³/mol. The molecule has 0 aliphatic carbocycles. The first-order valence-corrected chi connectivity index (χ1v) is 9.56. The molecular formula is C16H22N4OS2. The van der Waals surface area contributed by atoms with E-state index in [0.717, 1.165) is 21.6 Å². The van der Waals surface area contributed by atoms with Crippen molar-refractivity contribution in [3.63, 3.8) is 0 Å². The fraction of sp³-hybridized carbons (Fsp3) is 0.375. The van der Waals surface area contributed by atoms with E-state index < -0.39 is 10.8 Å². The molecule has 2 rings (SSSR count). The molecular weight excluding hydrogens is 328 g/mol. The third-order valence-electron chi connectivity index (χ3n) is 3.22. The third-order valence-corrected chi connectivity index (χ3v) is 5.41. The molecule has 0 saturated carbocycles. The van der Waals surface area contributed by atoms with Gasteiger partial charge < -0.3 is 10.2 Å². The van der Waals surface area contributed by atoms with Gasteiger partial charge in [-0.25, -0.2) is 4.98 Å². The number of guanidine groups is 1. The Labute approximate surface area is 143 Å². The van der Waals surface area contributed by atoms with Crippen LogP contribution >= 0.6 is 11.3 Å². The normalized spacial score (nSPS) is 12.9. The van der Waals surface area contributed by atoms with Gasteiger partial charge in [-0.05, 0) is 19.1 Å². The van der Waals surface area contributed by atoms with Crippen LogP contribution in [0.4, 0.5) is 0 Å². The standard InChI is InChI=1S/C16H22N4OS2/c1-13-19-14(12-22-13)11-20(3)16(17-2)18-9-10-23(21)15-7-5-4-6-8-15/h4-8,12H,9-11H2,1-3H3,(H,17,18). The summed E-state index contributed by atoms with van der Waals surface area (Å²) in [7, 11) is 2.72. The minimum atomic E-state index is -0.996. The maximum absolute atomic E-state index is 12.2. The molecule has 23 heavy (non-hydrogen) atoms. The van der Waals surface area contributed by atoms with E-state index >= 15 is 0 Å². The number of nitrogens with zero attached hydrogens (tertiary/aromatic N) is 3. The molecule has 1 heterocycles. The van der Waals surface area contributed by atoms with Gasteiger partial charge in [0.1, 0.15) is 0 Å². The van der Waals surface area contributed by atoms with Crippen LogP contribution in [0.1, 0.15) is 10.7 Å². The zero-order chi connectivity index (χ0) is 16.7. The molecule has 1 N–H and O–H groups in total. The van der Waals surface area contributed by atoms with Crippen molar-refractivity contribution in [3.05, 3.63) is 46.4 Å². The highest BCUT2D eigenvalue weighted by molar-refractivity contribution is 7.85. The number of rotatable bonds is 6. The Morgan fingerprint density at radius 3 is 2.74 bits per heavy atom. The van der Waals surface area contributed by atoms with E-state index in [-0.39, 0.29) is 0 Å². The van der Waals surface area contributed by atoms with E-state index in [1.54, 1.807) is 18.4 Å². The summed E-state index contributed by atoms with van der Waals surface area (Å²) in [5.74, 6) is 1.33. The van der Waals surface area contributed by atoms with Gasteiger partial charge >= 0.3 is 0 Å². The first-order chi connectivity index (χ1) is 11.1. The molecule has 1 aromatic heterocycles. The van der Waals surface area contributed by atoms with E-state index in [4.69, 9.17) is 0 Å². The number of hydrogen-bond donors (Lipinski definition) is 1. The van der Waals surface area contributed by atoms with Gasteiger partial charge in [0.2, 0.25) is 0 Å². The van der Waals surface area contributed by atoms with Gasteiger partial charge in [-0.1, -0.05) is 18.2 Å². The fourth-order valence-corrected chi connectivity index (χ4v) is 3.72. The zero-order valence-electron chi connectivity index (χ0n) is 13.7. The van der Waals surface area contributed by atoms with E-state index in [0.29, 0.717) is 18.8 Å². The number of aliphatic imine (C=N–C) groups is 1. The minimum absolute atomic E-state index is 0.548. The number of aryl methyl sites for hydroxylation is 1. The lowest BCUT2D eigenvalue weighted by Crippen LogP contribution is -2.40. The van der Waals surface area contributed by atoms with Crippen LogP contribution in [0.15, 0.2) is 45.6 Å². The maximum atomic E-state index is 12.2. The average molecular weight is 351 g/mol. The highest BCUT2D eigenvalue weighted by atomic mass is 32.2. The number of thiazole rings is 1. The highest BCUT2D eigenvalue weighted by Crippen LogP contribution is 2.10. The lowest BCUT2D eigenvalue weighted by molar-refractivity contribution is 0.473. The summed E-state index contributed by atoms with van der Waals surface area (Å²) in [6, 6.07) is 9.52. The second-order valence-corrected chi connectivity index (χ2v) is 7.68. The van der Waals surface area contributed by atoms with Gasteiger partial charge in [0, 0.05) is 36.7 Å². The van der Waals surface area contributed by atoms with Crippen LogP contribution in [0.5, 0.6) is 0 Å². The number of aromatic nitrogens is 1. The van der Waals surface area contributed by atoms with Gasteiger partial charge in [0.25, 0.3) is 0 Å². The van der Waals surface area contributed by atoms with Crippen LogP contribution in [0.3, 0.4) is 0 Å². The summed E-state index contributed by atoms with van der Waals surface area (Å²) in [6.07, 6.45) is 0. The fourth-order valence-electron chi connectivity index (χ4n) is 2.13. The van der Waals surface area contributed by atoms with Crippen molar-refractivity contribution >= 4 is 28.1 Å². The monoisotopic (exact) mass is 350 g/mol. The molecule has 0 amide bonds. The predicted octanol–water partition coefficient (Wildman–Crippen LogP) is 2.27. The second kappa shape index (κ2) is 8.79. The Balaban J connectivity index is 1.82. The molecule has 0 aliphatic heterocycles. The summed E-state index contributed by atoms with van der Waals surface area (Å²) in [6.45, 7) is 3.31. The molecule has 1 aromatic carbocycles. The Bertz CT molecular complexity index is 670. The SMILES string of the molecule is CN=C(NCCS(=O)c1ccccc1)N(C)Cc1csc(C)n1. The largest absolute Gasteiger partial charge is 0.355 e. The lowest BCUT2D eigenvalue weighted by atomic mass is 10.4. The molecule has 1 unspecified atom stereocenters. The second-order valence-electron chi connectivity index (χ2n) is 5.05. The molecule has 1 atom stereocenters. The van der Waals surface area contributed by atoms with Crippen LogP contribution in [-0.2, 0) is 17.3 Å². The summed E-state index contributed by atoms with van der Waals surface area (Å²) in [4.78, 5) is 11.6. The van der Waals surface area contributed by atoms with Gasteiger partial charge in [-0.2, -0.15) is 0 Å². The molecule has 2 aromatic rings. The van der Waals surface area contributed by atoms with Crippen molar-refractivity contribution < 1.29 is 4.21 Å². The zero-order valence-corrected chi connectivity index (χ0v) is 15.3. The number of hydrogen-bond acceptors (Lipinski definition) is 4. The van der Waals surface area contributed by atoms with E-state index in [1.807, 2.05) is 49.2 Å². The molecule has 0 spiro atoms. The average Bonchev–Trinajstić information content (AvgIpc) is 2.97. The van der Waals surface area contributed by atoms with Gasteiger partial charge in [0.05, 0.1) is 28.0 Å². The van der Waals surface area contributed by atoms with Gasteiger partial charge in [-0.3, -0.25) is 9.20 Å². The minimum Gasteiger partial charge on any atom is -0.355 e. The first kappa shape index (κ1) is 17.6. The van der Waals surface area contributed by atoms with Crippen molar-refractivity contribution in [1.82, 2.24) is 15.2 Å². The van der Waals surface area contributed by atoms with Crippen molar-refractivity contribution in [2.45, 2.75) is 18.4 Å². The van der Waals surface area contributed by atoms with Gasteiger partial charge in [-0.15, -0.1) is 11.3 Å². The van der Waals surface area contributed by atoms with Crippen LogP contribution < -0.4 is 5.32 Å². The number of nitrogens with one attached hydrogen (secondary N) is 1. The Morgan fingerprint density at radius 1 is 1.39 bits per heavy atom. The Morgan fingerprint density at radius 2 is 2.13 bits per heavy atom. The quantitative estimate of drug-likeness (QED) is 0.641. The van der Waals surface area contributed by atoms with Gasteiger partial charge in [0.15, 0.2) is 5.96 Å². The molecule has 5 nitrogen and oxygen atoms in total. The van der Waals surface area contributed by atoms with Crippen LogP contribution in [0.25, 0.3) is 0 Å². The Hall–Kier alpha value is -1.73. The van der Waals surface area contributed by atoms with Crippen molar-refractivity contribution in [1.29, 1.82) is 0 Å². The molecule has 124 valence electrons. The molecule has 0 fully saturated rings. The summed E-state index contributed by atoms with van der Waals surface area (Å²) in [5.41, 5.74) is 1.03. The van der Waals surface area contributed by atoms with Crippen LogP contribution in [-0.4, -0.2) is 46.4 Å². The molecule has 0 radical (unpaired) electrons. The highest BCUT2D eigenvalue weighted by Gasteiger charge is 2.09. The van der Waals surface area contributed by atoms with E-state index in [1.165, 1.54) is 0 Å². The lowest BCUT2D eigenvalue weighted by Gasteiger charge is -2.21. The molecule has 0 aliphatic rings.